The third kappa shape index (κ3) is 5.72. The molecule has 0 aromatic heterocycles. The number of hydrogen-bond acceptors (Lipinski definition) is 2. The lowest BCUT2D eigenvalue weighted by Crippen LogP contribution is -2.34. The third-order valence-electron chi connectivity index (χ3n) is 1.52. The Morgan fingerprint density at radius 3 is 1.07 bits per heavy atom. The molecule has 0 aliphatic carbocycles. The molecule has 2 N–H and O–H groups in total. The van der Waals surface area contributed by atoms with E-state index in [1.54, 1.807) is 20.8 Å². The highest BCUT2D eigenvalue weighted by molar-refractivity contribution is 7.90. The van der Waals surface area contributed by atoms with Gasteiger partial charge in [-0.1, -0.05) is 36.4 Å². The summed E-state index contributed by atoms with van der Waals surface area (Å²) in [4.78, 5) is 0. The Balaban J connectivity index is 0.000000249. The molecule has 0 spiro atoms. The van der Waals surface area contributed by atoms with Gasteiger partial charge in [-0.05, 0) is 20.8 Å². The van der Waals surface area contributed by atoms with Gasteiger partial charge >= 0.3 is 0 Å². The van der Waals surface area contributed by atoms with E-state index in [-0.39, 0.29) is 0 Å². The maximum absolute atomic E-state index is 10.4. The van der Waals surface area contributed by atoms with E-state index in [1.165, 1.54) is 0 Å². The van der Waals surface area contributed by atoms with Crippen molar-refractivity contribution in [3.05, 3.63) is 36.4 Å². The molecular weight excluding hydrogens is 198 g/mol. The van der Waals surface area contributed by atoms with Crippen molar-refractivity contribution in [1.29, 1.82) is 0 Å². The number of benzene rings is 1. The standard InChI is InChI=1S/C6H6.C4H11NO2S/c1-2-4-6-5-3-1;1-4(2,3)8(5,6)7/h1-6H;1-3H3,(H2,5,6,7). The van der Waals surface area contributed by atoms with Gasteiger partial charge in [0.2, 0.25) is 10.0 Å². The summed E-state index contributed by atoms with van der Waals surface area (Å²) in [7, 11) is -3.34. The summed E-state index contributed by atoms with van der Waals surface area (Å²) in [6, 6.07) is 12.0. The van der Waals surface area contributed by atoms with Crippen LogP contribution in [0.15, 0.2) is 36.4 Å². The van der Waals surface area contributed by atoms with Crippen LogP contribution in [0.2, 0.25) is 0 Å². The van der Waals surface area contributed by atoms with Gasteiger partial charge in [-0.25, -0.2) is 13.6 Å². The molecule has 0 unspecified atom stereocenters. The van der Waals surface area contributed by atoms with Crippen molar-refractivity contribution in [2.45, 2.75) is 25.5 Å². The summed E-state index contributed by atoms with van der Waals surface area (Å²) in [5, 5.41) is 4.78. The summed E-state index contributed by atoms with van der Waals surface area (Å²) in [6.45, 7) is 4.67. The molecule has 1 aromatic rings. The number of hydrogen-bond donors (Lipinski definition) is 1. The predicted molar refractivity (Wildman–Crippen MR) is 59.3 cm³/mol. The van der Waals surface area contributed by atoms with E-state index >= 15 is 0 Å². The molecule has 0 saturated carbocycles. The van der Waals surface area contributed by atoms with Crippen LogP contribution in [-0.4, -0.2) is 13.2 Å². The van der Waals surface area contributed by atoms with Gasteiger partial charge in [-0.15, -0.1) is 0 Å². The van der Waals surface area contributed by atoms with Gasteiger partial charge in [0.15, 0.2) is 0 Å². The molecule has 0 saturated heterocycles. The summed E-state index contributed by atoms with van der Waals surface area (Å²) in [5.74, 6) is 0. The Labute approximate surface area is 86.0 Å². The molecule has 1 aromatic carbocycles. The fourth-order valence-corrected chi connectivity index (χ4v) is 0.385. The molecule has 0 aliphatic rings. The van der Waals surface area contributed by atoms with Crippen LogP contribution < -0.4 is 5.14 Å². The highest BCUT2D eigenvalue weighted by atomic mass is 32.2. The first-order valence-electron chi connectivity index (χ1n) is 4.27. The summed E-state index contributed by atoms with van der Waals surface area (Å²) >= 11 is 0. The molecular formula is C10H17NO2S. The maximum atomic E-state index is 10.4. The lowest BCUT2D eigenvalue weighted by molar-refractivity contribution is 0.562. The van der Waals surface area contributed by atoms with Gasteiger partial charge in [-0.2, -0.15) is 0 Å². The van der Waals surface area contributed by atoms with Crippen molar-refractivity contribution in [2.24, 2.45) is 5.14 Å². The van der Waals surface area contributed by atoms with Gasteiger partial charge in [0.25, 0.3) is 0 Å². The van der Waals surface area contributed by atoms with E-state index in [2.05, 4.69) is 0 Å². The number of primary sulfonamides is 1. The second-order valence-electron chi connectivity index (χ2n) is 3.81. The van der Waals surface area contributed by atoms with Crippen LogP contribution in [0, 0.1) is 0 Å². The fourth-order valence-electron chi connectivity index (χ4n) is 0.385. The molecule has 1 rings (SSSR count). The van der Waals surface area contributed by atoms with Crippen LogP contribution in [0.4, 0.5) is 0 Å². The second-order valence-corrected chi connectivity index (χ2v) is 6.13. The predicted octanol–water partition coefficient (Wildman–Crippen LogP) is 1.76. The minimum absolute atomic E-state index is 0.812. The lowest BCUT2D eigenvalue weighted by atomic mass is 10.3. The van der Waals surface area contributed by atoms with E-state index < -0.39 is 14.8 Å². The van der Waals surface area contributed by atoms with Gasteiger partial charge < -0.3 is 0 Å². The molecule has 80 valence electrons. The number of nitrogens with two attached hydrogens (primary N) is 1. The first-order chi connectivity index (χ1) is 6.25. The van der Waals surface area contributed by atoms with Gasteiger partial charge in [0.1, 0.15) is 0 Å². The van der Waals surface area contributed by atoms with Gasteiger partial charge in [0, 0.05) is 0 Å². The van der Waals surface area contributed by atoms with E-state index in [1.807, 2.05) is 36.4 Å². The molecule has 0 amide bonds. The molecule has 0 atom stereocenters. The molecule has 0 radical (unpaired) electrons. The zero-order chi connectivity index (χ0) is 11.2. The van der Waals surface area contributed by atoms with Gasteiger partial charge in [-0.3, -0.25) is 0 Å². The molecule has 0 aliphatic heterocycles. The Hall–Kier alpha value is -0.870. The summed E-state index contributed by atoms with van der Waals surface area (Å²) < 4.78 is 20.0. The van der Waals surface area contributed by atoms with Crippen LogP contribution in [-0.2, 0) is 10.0 Å². The average Bonchev–Trinajstić information content (AvgIpc) is 2.05. The Morgan fingerprint density at radius 1 is 0.857 bits per heavy atom. The van der Waals surface area contributed by atoms with E-state index in [0.29, 0.717) is 0 Å². The second kappa shape index (κ2) is 5.12. The van der Waals surface area contributed by atoms with Crippen LogP contribution >= 0.6 is 0 Å². The van der Waals surface area contributed by atoms with Crippen molar-refractivity contribution >= 4 is 10.0 Å². The smallest absolute Gasteiger partial charge is 0.214 e. The SMILES string of the molecule is CC(C)(C)S(N)(=O)=O.c1ccccc1. The van der Waals surface area contributed by atoms with Crippen molar-refractivity contribution in [1.82, 2.24) is 0 Å². The van der Waals surface area contributed by atoms with Crippen LogP contribution in [0.25, 0.3) is 0 Å². The largest absolute Gasteiger partial charge is 0.228 e. The third-order valence-corrected chi connectivity index (χ3v) is 3.23. The normalized spacial score (nSPS) is 11.4. The molecule has 3 nitrogen and oxygen atoms in total. The van der Waals surface area contributed by atoms with Gasteiger partial charge in [0.05, 0.1) is 4.75 Å². The molecule has 4 heteroatoms. The lowest BCUT2D eigenvalue weighted by Gasteiger charge is -2.13. The molecule has 0 heterocycles. The van der Waals surface area contributed by atoms with Crippen molar-refractivity contribution < 1.29 is 8.42 Å². The van der Waals surface area contributed by atoms with E-state index in [4.69, 9.17) is 5.14 Å². The zero-order valence-corrected chi connectivity index (χ0v) is 9.58. The van der Waals surface area contributed by atoms with Crippen molar-refractivity contribution in [3.63, 3.8) is 0 Å². The quantitative estimate of drug-likeness (QED) is 0.717. The fraction of sp³-hybridized carbons (Fsp3) is 0.400. The number of sulfonamides is 1. The minimum Gasteiger partial charge on any atom is -0.228 e. The highest BCUT2D eigenvalue weighted by Crippen LogP contribution is 2.09. The van der Waals surface area contributed by atoms with Crippen LogP contribution in [0.1, 0.15) is 20.8 Å². The minimum atomic E-state index is -3.34. The van der Waals surface area contributed by atoms with Crippen LogP contribution in [0.3, 0.4) is 0 Å². The highest BCUT2D eigenvalue weighted by Gasteiger charge is 2.23. The van der Waals surface area contributed by atoms with Crippen LogP contribution in [0.5, 0.6) is 0 Å². The zero-order valence-electron chi connectivity index (χ0n) is 8.77. The Morgan fingerprint density at radius 2 is 1.00 bits per heavy atom. The first-order valence-corrected chi connectivity index (χ1v) is 5.82. The Kier molecular flexibility index (Phi) is 4.80. The van der Waals surface area contributed by atoms with E-state index in [0.717, 1.165) is 0 Å². The monoisotopic (exact) mass is 215 g/mol. The maximum Gasteiger partial charge on any atom is 0.214 e. The molecule has 0 fully saturated rings. The Bertz CT molecular complexity index is 311. The summed E-state index contributed by atoms with van der Waals surface area (Å²) in [5.41, 5.74) is 0. The summed E-state index contributed by atoms with van der Waals surface area (Å²) in [6.07, 6.45) is 0. The average molecular weight is 215 g/mol. The van der Waals surface area contributed by atoms with Crippen molar-refractivity contribution in [2.75, 3.05) is 0 Å². The molecule has 0 bridgehead atoms. The molecule has 14 heavy (non-hydrogen) atoms. The first kappa shape index (κ1) is 13.1. The number of rotatable bonds is 0. The topological polar surface area (TPSA) is 60.2 Å². The van der Waals surface area contributed by atoms with Crippen molar-refractivity contribution in [3.8, 4) is 0 Å². The van der Waals surface area contributed by atoms with E-state index in [9.17, 15) is 8.42 Å².